The summed E-state index contributed by atoms with van der Waals surface area (Å²) < 4.78 is 88.8. The molecule has 1 atom stereocenters. The zero-order chi connectivity index (χ0) is 16.7. The summed E-state index contributed by atoms with van der Waals surface area (Å²) in [6, 6.07) is 5.23. The Bertz CT molecular complexity index is 488. The summed E-state index contributed by atoms with van der Waals surface area (Å²) >= 11 is 0. The molecule has 0 heterocycles. The Kier molecular flexibility index (Phi) is 4.35. The standard InChI is InChI=1S/C13H13F7O/c1-8-4-3-5-9(6-8)10(2,21)7-11(14,12(15,16)17)13(18,19)20/h3-6,21H,7H2,1-2H3. The van der Waals surface area contributed by atoms with Gasteiger partial charge in [0.2, 0.25) is 0 Å². The van der Waals surface area contributed by atoms with Crippen LogP contribution >= 0.6 is 0 Å². The highest BCUT2D eigenvalue weighted by Gasteiger charge is 2.73. The number of hydrogen-bond donors (Lipinski definition) is 1. The predicted octanol–water partition coefficient (Wildman–Crippen LogP) is 4.43. The maximum Gasteiger partial charge on any atom is 0.431 e. The van der Waals surface area contributed by atoms with Crippen molar-refractivity contribution in [3.8, 4) is 0 Å². The first-order valence-corrected chi connectivity index (χ1v) is 5.82. The molecule has 1 rings (SSSR count). The van der Waals surface area contributed by atoms with Crippen LogP contribution in [0.3, 0.4) is 0 Å². The summed E-state index contributed by atoms with van der Waals surface area (Å²) in [5, 5.41) is 9.93. The molecule has 1 N–H and O–H groups in total. The fourth-order valence-electron chi connectivity index (χ4n) is 1.92. The van der Waals surface area contributed by atoms with Gasteiger partial charge in [0.1, 0.15) is 0 Å². The van der Waals surface area contributed by atoms with Crippen molar-refractivity contribution in [1.29, 1.82) is 0 Å². The predicted molar refractivity (Wildman–Crippen MR) is 61.3 cm³/mol. The highest BCUT2D eigenvalue weighted by molar-refractivity contribution is 5.27. The summed E-state index contributed by atoms with van der Waals surface area (Å²) in [4.78, 5) is 0. The number of aliphatic hydroxyl groups is 1. The lowest BCUT2D eigenvalue weighted by atomic mass is 9.83. The first kappa shape index (κ1) is 17.7. The van der Waals surface area contributed by atoms with E-state index in [4.69, 9.17) is 0 Å². The van der Waals surface area contributed by atoms with Crippen molar-refractivity contribution in [2.24, 2.45) is 0 Å². The first-order chi connectivity index (χ1) is 9.21. The van der Waals surface area contributed by atoms with Crippen LogP contribution in [0.5, 0.6) is 0 Å². The molecule has 1 unspecified atom stereocenters. The fourth-order valence-corrected chi connectivity index (χ4v) is 1.92. The number of rotatable bonds is 3. The van der Waals surface area contributed by atoms with Gasteiger partial charge in [0.15, 0.2) is 0 Å². The minimum atomic E-state index is -6.18. The van der Waals surface area contributed by atoms with E-state index in [0.717, 1.165) is 6.07 Å². The molecular formula is C13H13F7O. The Morgan fingerprint density at radius 1 is 0.952 bits per heavy atom. The molecule has 1 aromatic carbocycles. The third-order valence-electron chi connectivity index (χ3n) is 3.13. The molecular weight excluding hydrogens is 305 g/mol. The highest BCUT2D eigenvalue weighted by atomic mass is 19.4. The van der Waals surface area contributed by atoms with Gasteiger partial charge in [-0.1, -0.05) is 29.8 Å². The molecule has 1 nitrogen and oxygen atoms in total. The summed E-state index contributed by atoms with van der Waals surface area (Å²) in [5.41, 5.74) is -7.84. The van der Waals surface area contributed by atoms with E-state index in [1.54, 1.807) is 0 Å². The molecule has 0 bridgehead atoms. The Hall–Kier alpha value is -1.31. The van der Waals surface area contributed by atoms with Crippen LogP contribution in [0.2, 0.25) is 0 Å². The Morgan fingerprint density at radius 3 is 1.81 bits per heavy atom. The van der Waals surface area contributed by atoms with Gasteiger partial charge in [-0.2, -0.15) is 26.3 Å². The van der Waals surface area contributed by atoms with Crippen molar-refractivity contribution in [3.05, 3.63) is 35.4 Å². The normalized spacial score (nSPS) is 16.7. The second kappa shape index (κ2) is 5.15. The third-order valence-corrected chi connectivity index (χ3v) is 3.13. The van der Waals surface area contributed by atoms with Crippen molar-refractivity contribution < 1.29 is 35.8 Å². The van der Waals surface area contributed by atoms with Gasteiger partial charge >= 0.3 is 18.0 Å². The number of aryl methyl sites for hydroxylation is 1. The van der Waals surface area contributed by atoms with E-state index in [1.807, 2.05) is 0 Å². The number of hydrogen-bond acceptors (Lipinski definition) is 1. The summed E-state index contributed by atoms with van der Waals surface area (Å²) in [6.07, 6.45) is -14.5. The lowest BCUT2D eigenvalue weighted by Gasteiger charge is -2.36. The lowest BCUT2D eigenvalue weighted by Crippen LogP contribution is -2.56. The van der Waals surface area contributed by atoms with Gasteiger partial charge in [-0.15, -0.1) is 0 Å². The molecule has 1 aromatic rings. The fraction of sp³-hybridized carbons (Fsp3) is 0.538. The number of halogens is 7. The molecule has 8 heteroatoms. The highest BCUT2D eigenvalue weighted by Crippen LogP contribution is 2.51. The maximum absolute atomic E-state index is 13.7. The summed E-state index contributed by atoms with van der Waals surface area (Å²) in [7, 11) is 0. The van der Waals surface area contributed by atoms with Crippen LogP contribution in [0.15, 0.2) is 24.3 Å². The number of alkyl halides is 7. The van der Waals surface area contributed by atoms with E-state index in [1.165, 1.54) is 25.1 Å². The Morgan fingerprint density at radius 2 is 1.43 bits per heavy atom. The van der Waals surface area contributed by atoms with E-state index >= 15 is 0 Å². The van der Waals surface area contributed by atoms with Crippen LogP contribution in [0.1, 0.15) is 24.5 Å². The molecule has 0 aliphatic carbocycles. The van der Waals surface area contributed by atoms with Crippen molar-refractivity contribution in [2.45, 2.75) is 43.9 Å². The van der Waals surface area contributed by atoms with Gasteiger partial charge in [0.25, 0.3) is 0 Å². The monoisotopic (exact) mass is 318 g/mol. The van der Waals surface area contributed by atoms with E-state index in [2.05, 4.69) is 0 Å². The van der Waals surface area contributed by atoms with Gasteiger partial charge in [-0.25, -0.2) is 4.39 Å². The topological polar surface area (TPSA) is 20.2 Å². The average molecular weight is 318 g/mol. The van der Waals surface area contributed by atoms with Crippen molar-refractivity contribution in [3.63, 3.8) is 0 Å². The van der Waals surface area contributed by atoms with Crippen LogP contribution in [0.4, 0.5) is 30.7 Å². The lowest BCUT2D eigenvalue weighted by molar-refractivity contribution is -0.352. The van der Waals surface area contributed by atoms with E-state index in [0.29, 0.717) is 12.5 Å². The Balaban J connectivity index is 3.26. The molecule has 21 heavy (non-hydrogen) atoms. The van der Waals surface area contributed by atoms with Gasteiger partial charge < -0.3 is 5.11 Å². The van der Waals surface area contributed by atoms with E-state index in [9.17, 15) is 35.8 Å². The average Bonchev–Trinajstić information content (AvgIpc) is 2.25. The van der Waals surface area contributed by atoms with Crippen LogP contribution in [0, 0.1) is 6.92 Å². The van der Waals surface area contributed by atoms with Crippen LogP contribution < -0.4 is 0 Å². The molecule has 0 saturated carbocycles. The van der Waals surface area contributed by atoms with Crippen molar-refractivity contribution in [1.82, 2.24) is 0 Å². The van der Waals surface area contributed by atoms with Crippen LogP contribution in [0.25, 0.3) is 0 Å². The molecule has 0 radical (unpaired) electrons. The molecule has 0 saturated heterocycles. The zero-order valence-corrected chi connectivity index (χ0v) is 11.1. The van der Waals surface area contributed by atoms with Crippen LogP contribution in [-0.2, 0) is 5.60 Å². The first-order valence-electron chi connectivity index (χ1n) is 5.82. The molecule has 0 amide bonds. The van der Waals surface area contributed by atoms with Crippen molar-refractivity contribution >= 4 is 0 Å². The smallest absolute Gasteiger partial charge is 0.385 e. The molecule has 120 valence electrons. The SMILES string of the molecule is Cc1cccc(C(C)(O)CC(F)(C(F)(F)F)C(F)(F)F)c1. The largest absolute Gasteiger partial charge is 0.431 e. The Labute approximate surface area is 116 Å². The van der Waals surface area contributed by atoms with Gasteiger partial charge in [0, 0.05) is 6.42 Å². The molecule has 0 fully saturated rings. The molecule has 0 aliphatic rings. The third kappa shape index (κ3) is 3.48. The van der Waals surface area contributed by atoms with Gasteiger partial charge in [0.05, 0.1) is 5.60 Å². The van der Waals surface area contributed by atoms with E-state index < -0.39 is 30.0 Å². The second-order valence-corrected chi connectivity index (χ2v) is 5.12. The molecule has 0 spiro atoms. The summed E-state index contributed by atoms with van der Waals surface area (Å²) in [5.74, 6) is 0. The van der Waals surface area contributed by atoms with E-state index in [-0.39, 0.29) is 5.56 Å². The summed E-state index contributed by atoms with van der Waals surface area (Å²) in [6.45, 7) is 2.25. The zero-order valence-electron chi connectivity index (χ0n) is 11.1. The minimum Gasteiger partial charge on any atom is -0.385 e. The van der Waals surface area contributed by atoms with Gasteiger partial charge in [-0.05, 0) is 19.4 Å². The minimum absolute atomic E-state index is 0.224. The quantitative estimate of drug-likeness (QED) is 0.818. The molecule has 0 aromatic heterocycles. The van der Waals surface area contributed by atoms with Gasteiger partial charge in [-0.3, -0.25) is 0 Å². The molecule has 0 aliphatic heterocycles. The van der Waals surface area contributed by atoms with Crippen LogP contribution in [-0.4, -0.2) is 23.1 Å². The second-order valence-electron chi connectivity index (χ2n) is 5.12. The maximum atomic E-state index is 13.7. The van der Waals surface area contributed by atoms with Crippen molar-refractivity contribution in [2.75, 3.05) is 0 Å². The number of benzene rings is 1.